The second-order valence-corrected chi connectivity index (χ2v) is 7.90. The molecule has 114 valence electrons. The summed E-state index contributed by atoms with van der Waals surface area (Å²) in [7, 11) is 0. The molecule has 2 heteroatoms. The minimum atomic E-state index is 0.534. The van der Waals surface area contributed by atoms with Gasteiger partial charge in [-0.2, -0.15) is 0 Å². The van der Waals surface area contributed by atoms with Crippen LogP contribution in [-0.4, -0.2) is 0 Å². The monoisotopic (exact) mass is 326 g/mol. The van der Waals surface area contributed by atoms with Crippen LogP contribution in [0.4, 0.5) is 0 Å². The third kappa shape index (κ3) is 3.28. The van der Waals surface area contributed by atoms with Crippen molar-refractivity contribution in [2.75, 3.05) is 0 Å². The van der Waals surface area contributed by atoms with Gasteiger partial charge in [-0.15, -0.1) is 24.4 Å². The first kappa shape index (κ1) is 15.8. The average molecular weight is 327 g/mol. The smallest absolute Gasteiger partial charge is 0.0347 e. The number of hydrogen-bond donors (Lipinski definition) is 1. The molecule has 2 aromatic rings. The lowest BCUT2D eigenvalue weighted by Crippen LogP contribution is -2.07. The van der Waals surface area contributed by atoms with Crippen molar-refractivity contribution in [3.8, 4) is 0 Å². The molecule has 1 aliphatic carbocycles. The van der Waals surface area contributed by atoms with Gasteiger partial charge in [0.05, 0.1) is 0 Å². The lowest BCUT2D eigenvalue weighted by Gasteiger charge is -2.26. The Morgan fingerprint density at radius 2 is 2.00 bits per heavy atom. The SMILES string of the molecule is C=C(SC1CCCc2ccc(C)cc21)c1ccc(S)c(C)c1. The number of benzene rings is 2. The predicted molar refractivity (Wildman–Crippen MR) is 102 cm³/mol. The quantitative estimate of drug-likeness (QED) is 0.639. The highest BCUT2D eigenvalue weighted by Gasteiger charge is 2.22. The molecule has 0 nitrogen and oxygen atoms in total. The van der Waals surface area contributed by atoms with Crippen molar-refractivity contribution in [1.29, 1.82) is 0 Å². The van der Waals surface area contributed by atoms with Crippen molar-refractivity contribution in [3.05, 3.63) is 70.8 Å². The molecule has 0 radical (unpaired) electrons. The highest BCUT2D eigenvalue weighted by molar-refractivity contribution is 8.08. The number of fused-ring (bicyclic) bond motifs is 1. The lowest BCUT2D eigenvalue weighted by atomic mass is 9.90. The number of thiol groups is 1. The van der Waals surface area contributed by atoms with Crippen LogP contribution < -0.4 is 0 Å². The van der Waals surface area contributed by atoms with Crippen molar-refractivity contribution in [1.82, 2.24) is 0 Å². The van der Waals surface area contributed by atoms with E-state index in [-0.39, 0.29) is 0 Å². The van der Waals surface area contributed by atoms with Crippen LogP contribution in [0.25, 0.3) is 4.91 Å². The normalized spacial score (nSPS) is 17.1. The van der Waals surface area contributed by atoms with Crippen LogP contribution in [0.5, 0.6) is 0 Å². The highest BCUT2D eigenvalue weighted by Crippen LogP contribution is 2.45. The molecule has 22 heavy (non-hydrogen) atoms. The maximum Gasteiger partial charge on any atom is 0.0347 e. The predicted octanol–water partition coefficient (Wildman–Crippen LogP) is 6.37. The van der Waals surface area contributed by atoms with E-state index in [9.17, 15) is 0 Å². The Labute approximate surface area is 143 Å². The third-order valence-corrected chi connectivity index (χ3v) is 6.16. The van der Waals surface area contributed by atoms with E-state index in [2.05, 4.69) is 69.5 Å². The molecule has 2 aromatic carbocycles. The summed E-state index contributed by atoms with van der Waals surface area (Å²) in [5.41, 5.74) is 6.82. The highest BCUT2D eigenvalue weighted by atomic mass is 32.2. The molecule has 1 atom stereocenters. The van der Waals surface area contributed by atoms with Crippen molar-refractivity contribution < 1.29 is 0 Å². The fourth-order valence-corrected chi connectivity index (χ4v) is 4.44. The van der Waals surface area contributed by atoms with Gasteiger partial charge in [0, 0.05) is 15.1 Å². The van der Waals surface area contributed by atoms with Crippen molar-refractivity contribution in [2.45, 2.75) is 43.3 Å². The minimum absolute atomic E-state index is 0.534. The van der Waals surface area contributed by atoms with E-state index in [0.717, 1.165) is 9.80 Å². The van der Waals surface area contributed by atoms with Gasteiger partial charge < -0.3 is 0 Å². The maximum absolute atomic E-state index is 4.46. The summed E-state index contributed by atoms with van der Waals surface area (Å²) in [4.78, 5) is 2.20. The van der Waals surface area contributed by atoms with E-state index < -0.39 is 0 Å². The Balaban J connectivity index is 1.83. The number of thioether (sulfide) groups is 1. The van der Waals surface area contributed by atoms with Gasteiger partial charge in [-0.3, -0.25) is 0 Å². The van der Waals surface area contributed by atoms with Crippen LogP contribution in [0.15, 0.2) is 47.9 Å². The Bertz CT molecular complexity index is 716. The van der Waals surface area contributed by atoms with E-state index >= 15 is 0 Å². The number of aryl methyl sites for hydroxylation is 3. The fourth-order valence-electron chi connectivity index (χ4n) is 3.07. The van der Waals surface area contributed by atoms with Crippen LogP contribution >= 0.6 is 24.4 Å². The summed E-state index contributed by atoms with van der Waals surface area (Å²) < 4.78 is 0. The van der Waals surface area contributed by atoms with Crippen LogP contribution in [0.3, 0.4) is 0 Å². The summed E-state index contributed by atoms with van der Waals surface area (Å²) in [5.74, 6) is 0. The molecule has 0 saturated heterocycles. The van der Waals surface area contributed by atoms with E-state index in [1.165, 1.54) is 47.1 Å². The summed E-state index contributed by atoms with van der Waals surface area (Å²) in [5, 5.41) is 0.534. The molecule has 3 rings (SSSR count). The zero-order valence-corrected chi connectivity index (χ0v) is 14.9. The van der Waals surface area contributed by atoms with E-state index in [4.69, 9.17) is 0 Å². The zero-order valence-electron chi connectivity index (χ0n) is 13.2. The fraction of sp³-hybridized carbons (Fsp3) is 0.300. The van der Waals surface area contributed by atoms with Gasteiger partial charge in [-0.25, -0.2) is 0 Å². The molecule has 0 aliphatic heterocycles. The molecule has 0 heterocycles. The van der Waals surface area contributed by atoms with Crippen LogP contribution in [0.1, 0.15) is 45.9 Å². The van der Waals surface area contributed by atoms with E-state index in [0.29, 0.717) is 5.25 Å². The molecule has 0 bridgehead atoms. The number of rotatable bonds is 3. The van der Waals surface area contributed by atoms with E-state index in [1.807, 2.05) is 11.8 Å². The molecule has 0 N–H and O–H groups in total. The summed E-state index contributed by atoms with van der Waals surface area (Å²) in [6.45, 7) is 8.60. The Hall–Kier alpha value is -1.12. The molecule has 1 aliphatic rings. The van der Waals surface area contributed by atoms with Gasteiger partial charge in [0.15, 0.2) is 0 Å². The summed E-state index contributed by atoms with van der Waals surface area (Å²) in [6.07, 6.45) is 3.73. The van der Waals surface area contributed by atoms with Gasteiger partial charge in [-0.1, -0.05) is 36.4 Å². The molecular weight excluding hydrogens is 304 g/mol. The Morgan fingerprint density at radius 1 is 1.18 bits per heavy atom. The molecular formula is C20H22S2. The topological polar surface area (TPSA) is 0 Å². The second kappa shape index (κ2) is 6.55. The Morgan fingerprint density at radius 3 is 2.77 bits per heavy atom. The molecule has 0 spiro atoms. The molecule has 1 unspecified atom stereocenters. The lowest BCUT2D eigenvalue weighted by molar-refractivity contribution is 0.674. The van der Waals surface area contributed by atoms with Gasteiger partial charge in [-0.05, 0) is 67.5 Å². The van der Waals surface area contributed by atoms with Crippen molar-refractivity contribution in [3.63, 3.8) is 0 Å². The van der Waals surface area contributed by atoms with Gasteiger partial charge in [0.2, 0.25) is 0 Å². The summed E-state index contributed by atoms with van der Waals surface area (Å²) in [6, 6.07) is 13.3. The number of hydrogen-bond acceptors (Lipinski definition) is 2. The first-order valence-corrected chi connectivity index (χ1v) is 9.12. The minimum Gasteiger partial charge on any atom is -0.143 e. The maximum atomic E-state index is 4.46. The largest absolute Gasteiger partial charge is 0.143 e. The van der Waals surface area contributed by atoms with Crippen LogP contribution in [0, 0.1) is 13.8 Å². The zero-order chi connectivity index (χ0) is 15.7. The van der Waals surface area contributed by atoms with Crippen LogP contribution in [-0.2, 0) is 6.42 Å². The van der Waals surface area contributed by atoms with Gasteiger partial charge >= 0.3 is 0 Å². The third-order valence-electron chi connectivity index (χ3n) is 4.36. The van der Waals surface area contributed by atoms with E-state index in [1.54, 1.807) is 0 Å². The second-order valence-electron chi connectivity index (χ2n) is 6.13. The molecule has 0 saturated carbocycles. The van der Waals surface area contributed by atoms with Crippen molar-refractivity contribution >= 4 is 29.3 Å². The van der Waals surface area contributed by atoms with Gasteiger partial charge in [0.1, 0.15) is 0 Å². The standard InChI is InChI=1S/C20H22S2/c1-13-7-8-16-5-4-6-20(18(16)11-13)22-15(3)17-9-10-19(21)14(2)12-17/h7-12,20-21H,3-6H2,1-2H3. The molecule has 0 amide bonds. The molecule has 0 fully saturated rings. The van der Waals surface area contributed by atoms with Gasteiger partial charge in [0.25, 0.3) is 0 Å². The molecule has 0 aromatic heterocycles. The van der Waals surface area contributed by atoms with Crippen LogP contribution in [0.2, 0.25) is 0 Å². The first-order chi connectivity index (χ1) is 10.5. The Kier molecular flexibility index (Phi) is 4.70. The first-order valence-electron chi connectivity index (χ1n) is 7.79. The summed E-state index contributed by atoms with van der Waals surface area (Å²) >= 11 is 6.38. The average Bonchev–Trinajstić information content (AvgIpc) is 2.50. The van der Waals surface area contributed by atoms with Crippen molar-refractivity contribution in [2.24, 2.45) is 0 Å².